The van der Waals surface area contributed by atoms with Crippen LogP contribution in [0, 0.1) is 0 Å². The van der Waals surface area contributed by atoms with Crippen LogP contribution in [0.3, 0.4) is 0 Å². The lowest BCUT2D eigenvalue weighted by Gasteiger charge is -2.08. The Kier molecular flexibility index (Phi) is 2.77. The van der Waals surface area contributed by atoms with Gasteiger partial charge in [-0.15, -0.1) is 0 Å². The summed E-state index contributed by atoms with van der Waals surface area (Å²) in [6.45, 7) is 2.12. The molecule has 2 heteroatoms. The molecule has 0 N–H and O–H groups in total. The molecule has 18 heavy (non-hydrogen) atoms. The van der Waals surface area contributed by atoms with Crippen LogP contribution in [0.15, 0.2) is 54.7 Å². The summed E-state index contributed by atoms with van der Waals surface area (Å²) in [5, 5.41) is 1.16. The lowest BCUT2D eigenvalue weighted by atomic mass is 10.0. The zero-order valence-corrected chi connectivity index (χ0v) is 10.3. The number of fused-ring (bicyclic) bond motifs is 1. The average molecular weight is 234 g/mol. The minimum Gasteiger partial charge on any atom is -0.256 e. The second kappa shape index (κ2) is 4.57. The third kappa shape index (κ3) is 1.86. The van der Waals surface area contributed by atoms with E-state index in [9.17, 15) is 0 Å². The van der Waals surface area contributed by atoms with Crippen LogP contribution in [0.1, 0.15) is 12.6 Å². The van der Waals surface area contributed by atoms with E-state index >= 15 is 0 Å². The molecule has 88 valence electrons. The first-order valence-electron chi connectivity index (χ1n) is 6.18. The topological polar surface area (TPSA) is 25.8 Å². The molecule has 2 heterocycles. The Morgan fingerprint density at radius 2 is 1.83 bits per heavy atom. The summed E-state index contributed by atoms with van der Waals surface area (Å²) in [6, 6.07) is 16.4. The van der Waals surface area contributed by atoms with E-state index in [0.717, 1.165) is 34.3 Å². The molecule has 0 aliphatic heterocycles. The summed E-state index contributed by atoms with van der Waals surface area (Å²) >= 11 is 0. The molecule has 0 aliphatic rings. The number of pyridine rings is 2. The predicted molar refractivity (Wildman–Crippen MR) is 74.4 cm³/mol. The number of hydrogen-bond acceptors (Lipinski definition) is 2. The molecule has 0 spiro atoms. The van der Waals surface area contributed by atoms with Crippen molar-refractivity contribution in [2.45, 2.75) is 13.3 Å². The molecule has 0 atom stereocenters. The molecule has 3 aromatic rings. The molecule has 3 rings (SSSR count). The normalized spacial score (nSPS) is 10.7. The fraction of sp³-hybridized carbons (Fsp3) is 0.125. The number of para-hydroxylation sites is 1. The fourth-order valence-electron chi connectivity index (χ4n) is 2.15. The Morgan fingerprint density at radius 3 is 2.61 bits per heavy atom. The monoisotopic (exact) mass is 234 g/mol. The van der Waals surface area contributed by atoms with E-state index < -0.39 is 0 Å². The Morgan fingerprint density at radius 1 is 1.00 bits per heavy atom. The zero-order valence-electron chi connectivity index (χ0n) is 10.3. The predicted octanol–water partition coefficient (Wildman–Crippen LogP) is 3.86. The second-order valence-electron chi connectivity index (χ2n) is 4.25. The van der Waals surface area contributed by atoms with Gasteiger partial charge < -0.3 is 0 Å². The van der Waals surface area contributed by atoms with E-state index in [1.807, 2.05) is 36.5 Å². The van der Waals surface area contributed by atoms with Crippen molar-refractivity contribution in [3.8, 4) is 11.3 Å². The molecular weight excluding hydrogens is 220 g/mol. The summed E-state index contributed by atoms with van der Waals surface area (Å²) in [7, 11) is 0. The maximum Gasteiger partial charge on any atom is 0.0712 e. The standard InChI is InChI=1S/C16H14N2/c1-2-12-11-14(15-8-5-6-10-17-15)13-7-3-4-9-16(13)18-12/h3-11H,2H2,1H3. The van der Waals surface area contributed by atoms with Crippen molar-refractivity contribution in [1.29, 1.82) is 0 Å². The van der Waals surface area contributed by atoms with Gasteiger partial charge in [0.1, 0.15) is 0 Å². The largest absolute Gasteiger partial charge is 0.256 e. The van der Waals surface area contributed by atoms with Crippen LogP contribution in [0.4, 0.5) is 0 Å². The molecule has 0 unspecified atom stereocenters. The van der Waals surface area contributed by atoms with Gasteiger partial charge in [0.2, 0.25) is 0 Å². The van der Waals surface area contributed by atoms with Gasteiger partial charge >= 0.3 is 0 Å². The minimum atomic E-state index is 0.935. The molecule has 0 saturated carbocycles. The van der Waals surface area contributed by atoms with Crippen molar-refractivity contribution in [3.05, 3.63) is 60.4 Å². The van der Waals surface area contributed by atoms with Gasteiger partial charge in [-0.25, -0.2) is 0 Å². The molecule has 0 radical (unpaired) electrons. The first-order chi connectivity index (χ1) is 8.88. The SMILES string of the molecule is CCc1cc(-c2ccccn2)c2ccccc2n1. The summed E-state index contributed by atoms with van der Waals surface area (Å²) < 4.78 is 0. The van der Waals surface area contributed by atoms with Gasteiger partial charge in [-0.05, 0) is 30.7 Å². The molecule has 2 nitrogen and oxygen atoms in total. The van der Waals surface area contributed by atoms with E-state index in [1.165, 1.54) is 0 Å². The highest BCUT2D eigenvalue weighted by atomic mass is 14.7. The molecule has 0 fully saturated rings. The van der Waals surface area contributed by atoms with Crippen LogP contribution in [-0.2, 0) is 6.42 Å². The molecule has 0 bridgehead atoms. The first-order valence-corrected chi connectivity index (χ1v) is 6.18. The fourth-order valence-corrected chi connectivity index (χ4v) is 2.15. The van der Waals surface area contributed by atoms with Crippen LogP contribution in [0.5, 0.6) is 0 Å². The molecule has 1 aromatic carbocycles. The Bertz CT molecular complexity index is 675. The maximum atomic E-state index is 4.65. The van der Waals surface area contributed by atoms with Gasteiger partial charge in [0.05, 0.1) is 11.2 Å². The smallest absolute Gasteiger partial charge is 0.0712 e. The zero-order chi connectivity index (χ0) is 12.4. The molecular formula is C16H14N2. The number of benzene rings is 1. The van der Waals surface area contributed by atoms with E-state index in [1.54, 1.807) is 0 Å². The van der Waals surface area contributed by atoms with Crippen LogP contribution >= 0.6 is 0 Å². The van der Waals surface area contributed by atoms with Gasteiger partial charge in [0.25, 0.3) is 0 Å². The van der Waals surface area contributed by atoms with Crippen molar-refractivity contribution in [1.82, 2.24) is 9.97 Å². The van der Waals surface area contributed by atoms with Crippen LogP contribution in [0.2, 0.25) is 0 Å². The van der Waals surface area contributed by atoms with Crippen molar-refractivity contribution >= 4 is 10.9 Å². The van der Waals surface area contributed by atoms with Crippen molar-refractivity contribution in [2.75, 3.05) is 0 Å². The lowest BCUT2D eigenvalue weighted by molar-refractivity contribution is 1.06. The van der Waals surface area contributed by atoms with Gasteiger partial charge in [-0.2, -0.15) is 0 Å². The first kappa shape index (κ1) is 10.9. The number of aromatic nitrogens is 2. The molecule has 2 aromatic heterocycles. The number of nitrogens with zero attached hydrogens (tertiary/aromatic N) is 2. The quantitative estimate of drug-likeness (QED) is 0.673. The minimum absolute atomic E-state index is 0.935. The Balaban J connectivity index is 2.33. The Labute approximate surface area is 106 Å². The summed E-state index contributed by atoms with van der Waals surface area (Å²) in [6.07, 6.45) is 2.76. The number of aryl methyl sites for hydroxylation is 1. The van der Waals surface area contributed by atoms with E-state index in [0.29, 0.717) is 0 Å². The van der Waals surface area contributed by atoms with E-state index in [4.69, 9.17) is 0 Å². The van der Waals surface area contributed by atoms with Crippen LogP contribution < -0.4 is 0 Å². The van der Waals surface area contributed by atoms with Gasteiger partial charge in [0.15, 0.2) is 0 Å². The average Bonchev–Trinajstić information content (AvgIpc) is 2.47. The highest BCUT2D eigenvalue weighted by molar-refractivity contribution is 5.93. The highest BCUT2D eigenvalue weighted by Gasteiger charge is 2.07. The molecule has 0 aliphatic carbocycles. The highest BCUT2D eigenvalue weighted by Crippen LogP contribution is 2.27. The van der Waals surface area contributed by atoms with Crippen molar-refractivity contribution in [3.63, 3.8) is 0 Å². The lowest BCUT2D eigenvalue weighted by Crippen LogP contribution is -1.92. The molecule has 0 saturated heterocycles. The Hall–Kier alpha value is -2.22. The van der Waals surface area contributed by atoms with Gasteiger partial charge in [0, 0.05) is 22.8 Å². The third-order valence-electron chi connectivity index (χ3n) is 3.07. The second-order valence-corrected chi connectivity index (χ2v) is 4.25. The van der Waals surface area contributed by atoms with Crippen LogP contribution in [0.25, 0.3) is 22.2 Å². The van der Waals surface area contributed by atoms with Gasteiger partial charge in [-0.1, -0.05) is 31.2 Å². The number of hydrogen-bond donors (Lipinski definition) is 0. The van der Waals surface area contributed by atoms with Crippen molar-refractivity contribution < 1.29 is 0 Å². The van der Waals surface area contributed by atoms with Crippen molar-refractivity contribution in [2.24, 2.45) is 0 Å². The summed E-state index contributed by atoms with van der Waals surface area (Å²) in [5.41, 5.74) is 4.32. The maximum absolute atomic E-state index is 4.65. The summed E-state index contributed by atoms with van der Waals surface area (Å²) in [5.74, 6) is 0. The van der Waals surface area contributed by atoms with E-state index in [2.05, 4.69) is 35.1 Å². The number of rotatable bonds is 2. The molecule has 0 amide bonds. The van der Waals surface area contributed by atoms with Gasteiger partial charge in [-0.3, -0.25) is 9.97 Å². The van der Waals surface area contributed by atoms with Crippen LogP contribution in [-0.4, -0.2) is 9.97 Å². The summed E-state index contributed by atoms with van der Waals surface area (Å²) in [4.78, 5) is 9.10. The third-order valence-corrected chi connectivity index (χ3v) is 3.07. The van der Waals surface area contributed by atoms with E-state index in [-0.39, 0.29) is 0 Å².